The maximum absolute atomic E-state index is 11.5. The lowest BCUT2D eigenvalue weighted by atomic mass is 9.86. The second kappa shape index (κ2) is 4.55. The van der Waals surface area contributed by atoms with Crippen LogP contribution in [0.5, 0.6) is 0 Å². The molecule has 0 spiro atoms. The van der Waals surface area contributed by atoms with Crippen molar-refractivity contribution in [2.45, 2.75) is 31.2 Å². The maximum Gasteiger partial charge on any atom is 0.324 e. The molecule has 4 nitrogen and oxygen atoms in total. The van der Waals surface area contributed by atoms with E-state index in [0.717, 1.165) is 25.9 Å². The highest BCUT2D eigenvalue weighted by Gasteiger charge is 2.45. The number of carboxylic acids is 1. The highest BCUT2D eigenvalue weighted by atomic mass is 16.5. The highest BCUT2D eigenvalue weighted by molar-refractivity contribution is 5.79. The van der Waals surface area contributed by atoms with Crippen LogP contribution in [0.2, 0.25) is 0 Å². The molecule has 0 bridgehead atoms. The molecule has 2 saturated heterocycles. The summed E-state index contributed by atoms with van der Waals surface area (Å²) in [5.74, 6) is -0.691. The number of carbonyl (C=O) groups is 1. The second-order valence-electron chi connectivity index (χ2n) is 4.69. The summed E-state index contributed by atoms with van der Waals surface area (Å²) in [4.78, 5) is 13.7. The van der Waals surface area contributed by atoms with Crippen LogP contribution >= 0.6 is 0 Å². The Bertz CT molecular complexity index is 285. The summed E-state index contributed by atoms with van der Waals surface area (Å²) < 4.78 is 5.28. The van der Waals surface area contributed by atoms with Crippen LogP contribution in [0.4, 0.5) is 0 Å². The Kier molecular flexibility index (Phi) is 3.30. The van der Waals surface area contributed by atoms with Crippen molar-refractivity contribution in [2.24, 2.45) is 0 Å². The fourth-order valence-electron chi connectivity index (χ4n) is 2.63. The second-order valence-corrected chi connectivity index (χ2v) is 4.69. The number of piperidine rings is 1. The zero-order chi connectivity index (χ0) is 11.6. The Morgan fingerprint density at radius 3 is 2.38 bits per heavy atom. The van der Waals surface area contributed by atoms with E-state index in [-0.39, 0.29) is 0 Å². The Morgan fingerprint density at radius 2 is 1.88 bits per heavy atom. The van der Waals surface area contributed by atoms with Crippen molar-refractivity contribution >= 4 is 5.97 Å². The van der Waals surface area contributed by atoms with Crippen LogP contribution < -0.4 is 0 Å². The van der Waals surface area contributed by atoms with E-state index >= 15 is 0 Å². The molecule has 0 saturated carbocycles. The molecule has 2 fully saturated rings. The minimum Gasteiger partial charge on any atom is -0.480 e. The van der Waals surface area contributed by atoms with Gasteiger partial charge in [-0.1, -0.05) is 12.2 Å². The predicted molar refractivity (Wildman–Crippen MR) is 60.4 cm³/mol. The summed E-state index contributed by atoms with van der Waals surface area (Å²) in [6.45, 7) is 6.73. The molecule has 0 aromatic heterocycles. The lowest BCUT2D eigenvalue weighted by molar-refractivity contribution is -0.159. The molecule has 0 amide bonds. The van der Waals surface area contributed by atoms with Gasteiger partial charge in [0.15, 0.2) is 0 Å². The average Bonchev–Trinajstić information content (AvgIpc) is 2.30. The third-order valence-electron chi connectivity index (χ3n) is 3.79. The minimum atomic E-state index is -0.691. The van der Waals surface area contributed by atoms with Crippen LogP contribution in [0.15, 0.2) is 12.2 Å². The zero-order valence-corrected chi connectivity index (χ0v) is 9.57. The van der Waals surface area contributed by atoms with E-state index in [0.29, 0.717) is 26.1 Å². The fraction of sp³-hybridized carbons (Fsp3) is 0.750. The first-order valence-electron chi connectivity index (χ1n) is 5.88. The molecule has 2 heterocycles. The molecular weight excluding hydrogens is 206 g/mol. The molecule has 2 rings (SSSR count). The summed E-state index contributed by atoms with van der Waals surface area (Å²) >= 11 is 0. The normalized spacial score (nSPS) is 26.6. The van der Waals surface area contributed by atoms with E-state index in [1.165, 1.54) is 5.57 Å². The van der Waals surface area contributed by atoms with E-state index < -0.39 is 11.5 Å². The van der Waals surface area contributed by atoms with Crippen LogP contribution in [0, 0.1) is 0 Å². The number of nitrogens with zero attached hydrogens (tertiary/aromatic N) is 1. The number of likely N-dealkylation sites (tertiary alicyclic amines) is 1. The summed E-state index contributed by atoms with van der Waals surface area (Å²) in [5, 5.41) is 9.49. The lowest BCUT2D eigenvalue weighted by Crippen LogP contribution is -2.59. The van der Waals surface area contributed by atoms with Gasteiger partial charge in [-0.15, -0.1) is 0 Å². The molecular formula is C12H19NO3. The number of hydrogen-bond acceptors (Lipinski definition) is 3. The smallest absolute Gasteiger partial charge is 0.324 e. The largest absolute Gasteiger partial charge is 0.480 e. The average molecular weight is 225 g/mol. The summed E-state index contributed by atoms with van der Waals surface area (Å²) in [5.41, 5.74) is 0.558. The van der Waals surface area contributed by atoms with Gasteiger partial charge in [-0.25, -0.2) is 0 Å². The Morgan fingerprint density at radius 1 is 1.31 bits per heavy atom. The minimum absolute atomic E-state index is 0.559. The summed E-state index contributed by atoms with van der Waals surface area (Å²) in [6.07, 6.45) is 3.06. The lowest BCUT2D eigenvalue weighted by Gasteiger charge is -2.45. The third kappa shape index (κ3) is 1.99. The maximum atomic E-state index is 11.5. The van der Waals surface area contributed by atoms with Gasteiger partial charge in [0, 0.05) is 26.3 Å². The predicted octanol–water partition coefficient (Wildman–Crippen LogP) is 1.27. The monoisotopic (exact) mass is 225 g/mol. The molecule has 1 N–H and O–H groups in total. The van der Waals surface area contributed by atoms with Crippen molar-refractivity contribution in [3.05, 3.63) is 12.2 Å². The first-order chi connectivity index (χ1) is 7.65. The summed E-state index contributed by atoms with van der Waals surface area (Å²) in [7, 11) is 0. The number of carboxylic acid groups (broad SMARTS) is 1. The van der Waals surface area contributed by atoms with Crippen molar-refractivity contribution in [3.8, 4) is 0 Å². The SMILES string of the molecule is C=C1CCN(C2(C(=O)O)CCOCC2)CC1. The van der Waals surface area contributed by atoms with Crippen LogP contribution in [0.25, 0.3) is 0 Å². The molecule has 4 heteroatoms. The topological polar surface area (TPSA) is 49.8 Å². The van der Waals surface area contributed by atoms with Gasteiger partial charge in [0.25, 0.3) is 0 Å². The van der Waals surface area contributed by atoms with Crippen LogP contribution in [-0.4, -0.2) is 47.8 Å². The molecule has 0 aromatic carbocycles. The van der Waals surface area contributed by atoms with E-state index in [1.807, 2.05) is 0 Å². The van der Waals surface area contributed by atoms with Gasteiger partial charge in [0.1, 0.15) is 5.54 Å². The number of ether oxygens (including phenoxy) is 1. The zero-order valence-electron chi connectivity index (χ0n) is 9.57. The molecule has 0 aromatic rings. The number of rotatable bonds is 2. The quantitative estimate of drug-likeness (QED) is 0.719. The Labute approximate surface area is 95.9 Å². The highest BCUT2D eigenvalue weighted by Crippen LogP contribution is 2.31. The van der Waals surface area contributed by atoms with Crippen molar-refractivity contribution in [2.75, 3.05) is 26.3 Å². The van der Waals surface area contributed by atoms with Crippen LogP contribution in [-0.2, 0) is 9.53 Å². The van der Waals surface area contributed by atoms with E-state index in [1.54, 1.807) is 0 Å². The van der Waals surface area contributed by atoms with Crippen LogP contribution in [0.3, 0.4) is 0 Å². The third-order valence-corrected chi connectivity index (χ3v) is 3.79. The standard InChI is InChI=1S/C12H19NO3/c1-10-2-6-13(7-3-10)12(11(14)15)4-8-16-9-5-12/h1-9H2,(H,14,15). The van der Waals surface area contributed by atoms with Crippen LogP contribution in [0.1, 0.15) is 25.7 Å². The Balaban J connectivity index is 2.12. The van der Waals surface area contributed by atoms with Gasteiger partial charge in [0.2, 0.25) is 0 Å². The van der Waals surface area contributed by atoms with Gasteiger partial charge in [-0.3, -0.25) is 9.69 Å². The molecule has 0 radical (unpaired) electrons. The molecule has 16 heavy (non-hydrogen) atoms. The van der Waals surface area contributed by atoms with E-state index in [4.69, 9.17) is 4.74 Å². The molecule has 0 unspecified atom stereocenters. The van der Waals surface area contributed by atoms with E-state index in [2.05, 4.69) is 11.5 Å². The van der Waals surface area contributed by atoms with Gasteiger partial charge in [-0.2, -0.15) is 0 Å². The van der Waals surface area contributed by atoms with Crippen molar-refractivity contribution in [1.82, 2.24) is 4.90 Å². The van der Waals surface area contributed by atoms with Crippen molar-refractivity contribution in [3.63, 3.8) is 0 Å². The molecule has 2 aliphatic rings. The number of hydrogen-bond donors (Lipinski definition) is 1. The van der Waals surface area contributed by atoms with Gasteiger partial charge in [0.05, 0.1) is 0 Å². The molecule has 0 aliphatic carbocycles. The van der Waals surface area contributed by atoms with Crippen molar-refractivity contribution in [1.29, 1.82) is 0 Å². The van der Waals surface area contributed by atoms with Gasteiger partial charge < -0.3 is 9.84 Å². The fourth-order valence-corrected chi connectivity index (χ4v) is 2.63. The van der Waals surface area contributed by atoms with Gasteiger partial charge >= 0.3 is 5.97 Å². The summed E-state index contributed by atoms with van der Waals surface area (Å²) in [6, 6.07) is 0. The first-order valence-corrected chi connectivity index (χ1v) is 5.88. The van der Waals surface area contributed by atoms with Gasteiger partial charge in [-0.05, 0) is 25.7 Å². The molecule has 90 valence electrons. The van der Waals surface area contributed by atoms with Crippen molar-refractivity contribution < 1.29 is 14.6 Å². The molecule has 0 atom stereocenters. The Hall–Kier alpha value is -0.870. The van der Waals surface area contributed by atoms with E-state index in [9.17, 15) is 9.90 Å². The number of aliphatic carboxylic acids is 1. The first kappa shape index (κ1) is 11.6. The molecule has 2 aliphatic heterocycles.